The molecule has 1 N–H and O–H groups in total. The minimum Gasteiger partial charge on any atom is -0.493 e. The van der Waals surface area contributed by atoms with Gasteiger partial charge >= 0.3 is 0 Å². The lowest BCUT2D eigenvalue weighted by Crippen LogP contribution is -2.40. The highest BCUT2D eigenvalue weighted by Crippen LogP contribution is 2.36. The first-order valence-corrected chi connectivity index (χ1v) is 15.3. The summed E-state index contributed by atoms with van der Waals surface area (Å²) < 4.78 is 22.3. The Kier molecular flexibility index (Phi) is 11.8. The average molecular weight is 545 g/mol. The summed E-state index contributed by atoms with van der Waals surface area (Å²) in [4.78, 5) is 15.7. The Bertz CT molecular complexity index is 883. The van der Waals surface area contributed by atoms with E-state index >= 15 is 0 Å². The largest absolute Gasteiger partial charge is 0.493 e. The molecule has 4 rings (SSSR count). The molecular formula is C32H52N2O5. The van der Waals surface area contributed by atoms with Crippen molar-refractivity contribution in [2.45, 2.75) is 71.3 Å². The van der Waals surface area contributed by atoms with Crippen LogP contribution in [0.3, 0.4) is 0 Å². The molecule has 220 valence electrons. The van der Waals surface area contributed by atoms with Crippen LogP contribution in [0.2, 0.25) is 0 Å². The molecule has 39 heavy (non-hydrogen) atoms. The van der Waals surface area contributed by atoms with E-state index in [-0.39, 0.29) is 0 Å². The second-order valence-corrected chi connectivity index (χ2v) is 12.3. The predicted octanol–water partition coefficient (Wildman–Crippen LogP) is 4.96. The van der Waals surface area contributed by atoms with Gasteiger partial charge in [0.15, 0.2) is 11.5 Å². The van der Waals surface area contributed by atoms with Gasteiger partial charge in [-0.1, -0.05) is 19.9 Å². The van der Waals surface area contributed by atoms with Gasteiger partial charge in [-0.2, -0.15) is 0 Å². The average Bonchev–Trinajstić information content (AvgIpc) is 3.69. The summed E-state index contributed by atoms with van der Waals surface area (Å²) in [7, 11) is 3.41. The lowest BCUT2D eigenvalue weighted by molar-refractivity contribution is -0.134. The molecule has 0 spiro atoms. The third-order valence-electron chi connectivity index (χ3n) is 9.05. The van der Waals surface area contributed by atoms with Crippen molar-refractivity contribution in [3.05, 3.63) is 23.8 Å². The van der Waals surface area contributed by atoms with Gasteiger partial charge in [0.05, 0.1) is 13.7 Å². The van der Waals surface area contributed by atoms with Gasteiger partial charge in [0, 0.05) is 52.4 Å². The first-order chi connectivity index (χ1) is 19.0. The highest BCUT2D eigenvalue weighted by Gasteiger charge is 2.38. The van der Waals surface area contributed by atoms with Gasteiger partial charge in [0.2, 0.25) is 5.91 Å². The van der Waals surface area contributed by atoms with Crippen LogP contribution in [-0.4, -0.2) is 77.1 Å². The van der Waals surface area contributed by atoms with Gasteiger partial charge in [-0.3, -0.25) is 4.79 Å². The Balaban J connectivity index is 1.36. The number of benzene rings is 1. The molecule has 3 fully saturated rings. The molecule has 0 radical (unpaired) electrons. The number of rotatable bonds is 16. The van der Waals surface area contributed by atoms with Crippen LogP contribution in [0, 0.1) is 29.6 Å². The molecule has 2 heterocycles. The summed E-state index contributed by atoms with van der Waals surface area (Å²) in [5.41, 5.74) is 1.30. The Morgan fingerprint density at radius 1 is 1.05 bits per heavy atom. The quantitative estimate of drug-likeness (QED) is 0.297. The third kappa shape index (κ3) is 9.09. The first-order valence-electron chi connectivity index (χ1n) is 15.3. The fraction of sp³-hybridized carbons (Fsp3) is 0.781. The summed E-state index contributed by atoms with van der Waals surface area (Å²) in [6.45, 7) is 10.6. The van der Waals surface area contributed by atoms with E-state index in [0.29, 0.717) is 61.2 Å². The lowest BCUT2D eigenvalue weighted by Gasteiger charge is -2.32. The first kappa shape index (κ1) is 30.1. The van der Waals surface area contributed by atoms with Crippen molar-refractivity contribution in [1.82, 2.24) is 10.2 Å². The molecule has 0 unspecified atom stereocenters. The standard InChI is InChI=1S/C32H52N2O5/c1-23(2)26(16-25-6-9-30(37-4)31(17-25)39-13-5-12-36-3)19-27-20-33-21-28(27)22-34(29-7-8-29)32(35)18-24-10-14-38-15-11-24/h6,9,17,23-24,26-29,33H,5,7-8,10-16,18-22H2,1-4H3/t26-,27-,28-/m0/s1. The van der Waals surface area contributed by atoms with E-state index in [1.807, 2.05) is 6.07 Å². The zero-order valence-corrected chi connectivity index (χ0v) is 24.8. The molecule has 1 saturated carbocycles. The topological polar surface area (TPSA) is 69.3 Å². The molecule has 1 aromatic rings. The van der Waals surface area contributed by atoms with E-state index < -0.39 is 0 Å². The molecule has 1 aliphatic carbocycles. The van der Waals surface area contributed by atoms with Crippen molar-refractivity contribution >= 4 is 5.91 Å². The second-order valence-electron chi connectivity index (χ2n) is 12.3. The third-order valence-corrected chi connectivity index (χ3v) is 9.05. The molecule has 1 aromatic carbocycles. The van der Waals surface area contributed by atoms with Crippen molar-refractivity contribution in [3.63, 3.8) is 0 Å². The molecule has 1 amide bonds. The van der Waals surface area contributed by atoms with Gasteiger partial charge < -0.3 is 29.2 Å². The van der Waals surface area contributed by atoms with Crippen molar-refractivity contribution < 1.29 is 23.7 Å². The van der Waals surface area contributed by atoms with E-state index in [1.165, 1.54) is 24.8 Å². The number of hydrogen-bond acceptors (Lipinski definition) is 6. The fourth-order valence-electron chi connectivity index (χ4n) is 6.31. The number of carbonyl (C=O) groups is 1. The van der Waals surface area contributed by atoms with Gasteiger partial charge in [0.25, 0.3) is 0 Å². The number of hydrogen-bond donors (Lipinski definition) is 1. The van der Waals surface area contributed by atoms with E-state index in [0.717, 1.165) is 70.0 Å². The van der Waals surface area contributed by atoms with Crippen LogP contribution in [-0.2, 0) is 20.7 Å². The van der Waals surface area contributed by atoms with Crippen molar-refractivity contribution in [3.8, 4) is 11.5 Å². The van der Waals surface area contributed by atoms with Gasteiger partial charge in [-0.05, 0) is 98.9 Å². The zero-order valence-electron chi connectivity index (χ0n) is 24.8. The number of amides is 1. The number of nitrogens with one attached hydrogen (secondary N) is 1. The summed E-state index contributed by atoms with van der Waals surface area (Å²) in [6, 6.07) is 6.86. The molecule has 3 aliphatic rings. The molecule has 0 bridgehead atoms. The smallest absolute Gasteiger partial charge is 0.223 e. The van der Waals surface area contributed by atoms with E-state index in [4.69, 9.17) is 18.9 Å². The Hall–Kier alpha value is -1.83. The summed E-state index contributed by atoms with van der Waals surface area (Å²) in [5.74, 6) is 4.74. The van der Waals surface area contributed by atoms with Crippen LogP contribution in [0.15, 0.2) is 18.2 Å². The van der Waals surface area contributed by atoms with Crippen LogP contribution in [0.4, 0.5) is 0 Å². The molecule has 7 nitrogen and oxygen atoms in total. The van der Waals surface area contributed by atoms with Crippen LogP contribution >= 0.6 is 0 Å². The van der Waals surface area contributed by atoms with Crippen LogP contribution in [0.1, 0.15) is 64.4 Å². The molecule has 2 saturated heterocycles. The Labute approximate surface area is 236 Å². The predicted molar refractivity (Wildman–Crippen MR) is 154 cm³/mol. The van der Waals surface area contributed by atoms with Crippen LogP contribution < -0.4 is 14.8 Å². The number of methoxy groups -OCH3 is 2. The minimum absolute atomic E-state index is 0.381. The number of nitrogens with zero attached hydrogens (tertiary/aromatic N) is 1. The minimum atomic E-state index is 0.381. The van der Waals surface area contributed by atoms with Gasteiger partial charge in [-0.25, -0.2) is 0 Å². The van der Waals surface area contributed by atoms with Crippen molar-refractivity contribution in [2.24, 2.45) is 29.6 Å². The highest BCUT2D eigenvalue weighted by atomic mass is 16.5. The lowest BCUT2D eigenvalue weighted by atomic mass is 9.78. The van der Waals surface area contributed by atoms with Crippen LogP contribution in [0.25, 0.3) is 0 Å². The van der Waals surface area contributed by atoms with E-state index in [9.17, 15) is 4.79 Å². The Morgan fingerprint density at radius 2 is 1.82 bits per heavy atom. The van der Waals surface area contributed by atoms with E-state index in [1.54, 1.807) is 14.2 Å². The zero-order chi connectivity index (χ0) is 27.6. The van der Waals surface area contributed by atoms with Crippen molar-refractivity contribution in [2.75, 3.05) is 60.3 Å². The maximum atomic E-state index is 13.4. The maximum absolute atomic E-state index is 13.4. The van der Waals surface area contributed by atoms with Gasteiger partial charge in [-0.15, -0.1) is 0 Å². The second kappa shape index (κ2) is 15.2. The van der Waals surface area contributed by atoms with Crippen LogP contribution in [0.5, 0.6) is 11.5 Å². The van der Waals surface area contributed by atoms with E-state index in [2.05, 4.69) is 36.2 Å². The molecular weight excluding hydrogens is 492 g/mol. The van der Waals surface area contributed by atoms with Gasteiger partial charge in [0.1, 0.15) is 0 Å². The summed E-state index contributed by atoms with van der Waals surface area (Å²) in [5, 5.41) is 3.67. The molecule has 2 aliphatic heterocycles. The van der Waals surface area contributed by atoms with Crippen molar-refractivity contribution in [1.29, 1.82) is 0 Å². The molecule has 0 aromatic heterocycles. The monoisotopic (exact) mass is 544 g/mol. The normalized spacial score (nSPS) is 22.7. The Morgan fingerprint density at radius 3 is 2.51 bits per heavy atom. The molecule has 3 atom stereocenters. The fourth-order valence-corrected chi connectivity index (χ4v) is 6.31. The highest BCUT2D eigenvalue weighted by molar-refractivity contribution is 5.77. The summed E-state index contributed by atoms with van der Waals surface area (Å²) >= 11 is 0. The number of carbonyl (C=O) groups excluding carboxylic acids is 1. The maximum Gasteiger partial charge on any atom is 0.223 e. The SMILES string of the molecule is COCCCOc1cc(C[C@@H](C[C@H]2CNC[C@H]2CN(C(=O)CC2CCOCC2)C2CC2)C(C)C)ccc1OC. The summed E-state index contributed by atoms with van der Waals surface area (Å²) in [6.07, 6.45) is 8.15. The number of ether oxygens (including phenoxy) is 4. The molecule has 7 heteroatoms.